The molecule has 0 saturated carbocycles. The van der Waals surface area contributed by atoms with Crippen LogP contribution >= 0.6 is 11.8 Å². The van der Waals surface area contributed by atoms with Gasteiger partial charge in [0.15, 0.2) is 0 Å². The predicted octanol–water partition coefficient (Wildman–Crippen LogP) is 1.49. The highest BCUT2D eigenvalue weighted by molar-refractivity contribution is 8.02. The number of carboxylic acid groups (broad SMARTS) is 1. The van der Waals surface area contributed by atoms with Gasteiger partial charge in [0.1, 0.15) is 6.04 Å². The number of carboxylic acids is 1. The Morgan fingerprint density at radius 3 is 2.63 bits per heavy atom. The molecule has 4 fully saturated rings. The van der Waals surface area contributed by atoms with E-state index in [0.29, 0.717) is 39.3 Å². The molecule has 2 N–H and O–H groups in total. The zero-order chi connectivity index (χ0) is 27.0. The number of amides is 2. The van der Waals surface area contributed by atoms with E-state index in [2.05, 4.69) is 11.5 Å². The number of fused-ring (bicyclic) bond motifs is 1. The van der Waals surface area contributed by atoms with Crippen LogP contribution in [0.15, 0.2) is 43.0 Å². The number of thioether (sulfide) groups is 1. The molecule has 7 atom stereocenters. The molecule has 4 aliphatic rings. The van der Waals surface area contributed by atoms with Crippen LogP contribution in [0.1, 0.15) is 24.9 Å². The minimum atomic E-state index is -0.988. The van der Waals surface area contributed by atoms with Gasteiger partial charge in [-0.2, -0.15) is 0 Å². The number of likely N-dealkylation sites (tertiary alicyclic amines) is 1. The van der Waals surface area contributed by atoms with Crippen molar-refractivity contribution in [3.8, 4) is 0 Å². The number of hydrogen-bond donors (Lipinski definition) is 2. The lowest BCUT2D eigenvalue weighted by atomic mass is 9.66. The van der Waals surface area contributed by atoms with Crippen molar-refractivity contribution in [1.82, 2.24) is 14.7 Å². The normalized spacial score (nSPS) is 33.3. The number of hydrogen-bond acceptors (Lipinski definition) is 7. The van der Waals surface area contributed by atoms with Crippen molar-refractivity contribution in [2.24, 2.45) is 17.8 Å². The van der Waals surface area contributed by atoms with E-state index >= 15 is 0 Å². The number of ether oxygens (including phenoxy) is 1. The highest BCUT2D eigenvalue weighted by Gasteiger charge is 2.77. The molecule has 0 radical (unpaired) electrons. The Balaban J connectivity index is 1.55. The van der Waals surface area contributed by atoms with E-state index in [-0.39, 0.29) is 29.6 Å². The Kier molecular flexibility index (Phi) is 7.86. The highest BCUT2D eigenvalue weighted by Crippen LogP contribution is 2.69. The first kappa shape index (κ1) is 27.2. The summed E-state index contributed by atoms with van der Waals surface area (Å²) in [6, 6.07) is 7.58. The Labute approximate surface area is 227 Å². The van der Waals surface area contributed by atoms with Crippen LogP contribution in [0.4, 0.5) is 0 Å². The monoisotopic (exact) mass is 543 g/mol. The van der Waals surface area contributed by atoms with Crippen molar-refractivity contribution in [3.05, 3.63) is 48.6 Å². The first-order chi connectivity index (χ1) is 18.3. The van der Waals surface area contributed by atoms with Crippen molar-refractivity contribution >= 4 is 29.5 Å². The zero-order valence-electron chi connectivity index (χ0n) is 21.8. The molecule has 4 aliphatic heterocycles. The van der Waals surface area contributed by atoms with Crippen LogP contribution in [0.25, 0.3) is 0 Å². The molecule has 4 heterocycles. The van der Waals surface area contributed by atoms with Gasteiger partial charge in [-0.15, -0.1) is 18.3 Å². The standard InChI is InChI=1S/C28H37N3O6S/c1-3-9-30(11-10-29-12-14-37-15-13-29)26(34)24-28-18(2)16-21(38-28)22(27(35)36)23(28)25(33)31(24)20(17-32)19-7-5-4-6-8-19/h3-8,18,20-24,32H,1,9-17H2,2H3,(H,35,36)/t18?,20-,21-,22+,23+,24?,28?/m1/s1. The first-order valence-corrected chi connectivity index (χ1v) is 14.3. The number of rotatable bonds is 10. The predicted molar refractivity (Wildman–Crippen MR) is 143 cm³/mol. The fourth-order valence-corrected chi connectivity index (χ4v) is 9.49. The number of benzene rings is 1. The second kappa shape index (κ2) is 11.0. The molecule has 1 aromatic carbocycles. The lowest BCUT2D eigenvalue weighted by molar-refractivity contribution is -0.150. The quantitative estimate of drug-likeness (QED) is 0.427. The van der Waals surface area contributed by atoms with Crippen molar-refractivity contribution in [2.75, 3.05) is 52.5 Å². The van der Waals surface area contributed by atoms with E-state index in [9.17, 15) is 24.6 Å². The van der Waals surface area contributed by atoms with E-state index < -0.39 is 34.6 Å². The molecule has 10 heteroatoms. The van der Waals surface area contributed by atoms with Crippen LogP contribution in [0.3, 0.4) is 0 Å². The fraction of sp³-hybridized carbons (Fsp3) is 0.607. The largest absolute Gasteiger partial charge is 0.481 e. The molecule has 2 amide bonds. The molecule has 0 aromatic heterocycles. The summed E-state index contributed by atoms with van der Waals surface area (Å²) in [7, 11) is 0. The Morgan fingerprint density at radius 1 is 1.29 bits per heavy atom. The third kappa shape index (κ3) is 4.35. The Hall–Kier alpha value is -2.40. The van der Waals surface area contributed by atoms with Crippen LogP contribution in [0.5, 0.6) is 0 Å². The van der Waals surface area contributed by atoms with Crippen LogP contribution in [-0.2, 0) is 19.1 Å². The van der Waals surface area contributed by atoms with Crippen molar-refractivity contribution in [1.29, 1.82) is 0 Å². The maximum atomic E-state index is 14.6. The lowest BCUT2D eigenvalue weighted by Crippen LogP contribution is -2.58. The Bertz CT molecular complexity index is 1070. The second-order valence-electron chi connectivity index (χ2n) is 10.8. The molecule has 1 spiro atoms. The maximum Gasteiger partial charge on any atom is 0.308 e. The Morgan fingerprint density at radius 2 is 2.00 bits per heavy atom. The minimum Gasteiger partial charge on any atom is -0.481 e. The van der Waals surface area contributed by atoms with Gasteiger partial charge in [-0.25, -0.2) is 0 Å². The average molecular weight is 544 g/mol. The molecule has 5 rings (SSSR count). The fourth-order valence-electron chi connectivity index (χ4n) is 7.09. The minimum absolute atomic E-state index is 0.0269. The van der Waals surface area contributed by atoms with E-state index in [0.717, 1.165) is 18.7 Å². The number of carbonyl (C=O) groups excluding carboxylic acids is 2. The highest BCUT2D eigenvalue weighted by atomic mass is 32.2. The second-order valence-corrected chi connectivity index (χ2v) is 12.3. The molecule has 206 valence electrons. The molecular weight excluding hydrogens is 506 g/mol. The SMILES string of the molecule is C=CCN(CCN1CCOCC1)C(=O)C1N([C@H](CO)c2ccccc2)C(=O)[C@@H]2[C@@H](C(=O)O)[C@H]3CC(C)C12S3. The van der Waals surface area contributed by atoms with Crippen LogP contribution in [0, 0.1) is 17.8 Å². The summed E-state index contributed by atoms with van der Waals surface area (Å²) in [5.41, 5.74) is 0.722. The van der Waals surface area contributed by atoms with E-state index in [1.165, 1.54) is 16.7 Å². The lowest BCUT2D eigenvalue weighted by Gasteiger charge is -2.42. The van der Waals surface area contributed by atoms with Crippen LogP contribution in [-0.4, -0.2) is 111 Å². The summed E-state index contributed by atoms with van der Waals surface area (Å²) in [6.07, 6.45) is 2.34. The van der Waals surface area contributed by atoms with Crippen LogP contribution in [0.2, 0.25) is 0 Å². The summed E-state index contributed by atoms with van der Waals surface area (Å²) in [5.74, 6) is -3.21. The van der Waals surface area contributed by atoms with Gasteiger partial charge >= 0.3 is 5.97 Å². The van der Waals surface area contributed by atoms with Gasteiger partial charge in [-0.05, 0) is 17.9 Å². The molecule has 2 bridgehead atoms. The molecule has 4 saturated heterocycles. The van der Waals surface area contributed by atoms with Crippen molar-refractivity contribution < 1.29 is 29.3 Å². The van der Waals surface area contributed by atoms with E-state index in [1.807, 2.05) is 37.3 Å². The van der Waals surface area contributed by atoms with Gasteiger partial charge in [-0.3, -0.25) is 19.3 Å². The van der Waals surface area contributed by atoms with Gasteiger partial charge in [0.05, 0.1) is 42.4 Å². The van der Waals surface area contributed by atoms with E-state index in [4.69, 9.17) is 4.74 Å². The molecule has 0 aliphatic carbocycles. The average Bonchev–Trinajstić information content (AvgIpc) is 3.52. The van der Waals surface area contributed by atoms with Gasteiger partial charge < -0.3 is 24.7 Å². The van der Waals surface area contributed by atoms with Crippen LogP contribution < -0.4 is 0 Å². The van der Waals surface area contributed by atoms with E-state index in [1.54, 1.807) is 11.0 Å². The number of aliphatic hydroxyl groups excluding tert-OH is 1. The van der Waals surface area contributed by atoms with Gasteiger partial charge in [0.2, 0.25) is 11.8 Å². The summed E-state index contributed by atoms with van der Waals surface area (Å²) in [4.78, 5) is 46.8. The number of aliphatic carboxylic acids is 1. The van der Waals surface area contributed by atoms with Gasteiger partial charge in [0.25, 0.3) is 0 Å². The maximum absolute atomic E-state index is 14.6. The van der Waals surface area contributed by atoms with Gasteiger partial charge in [0, 0.05) is 38.0 Å². The first-order valence-electron chi connectivity index (χ1n) is 13.4. The summed E-state index contributed by atoms with van der Waals surface area (Å²) < 4.78 is 4.59. The molecular formula is C28H37N3O6S. The molecule has 38 heavy (non-hydrogen) atoms. The smallest absolute Gasteiger partial charge is 0.308 e. The van der Waals surface area contributed by atoms with Gasteiger partial charge in [-0.1, -0.05) is 43.3 Å². The third-order valence-corrected chi connectivity index (χ3v) is 10.9. The van der Waals surface area contributed by atoms with Crippen molar-refractivity contribution in [2.45, 2.75) is 35.4 Å². The molecule has 9 nitrogen and oxygen atoms in total. The number of aliphatic hydroxyl groups is 1. The number of morpholine rings is 1. The zero-order valence-corrected chi connectivity index (χ0v) is 22.6. The number of carbonyl (C=O) groups is 3. The molecule has 3 unspecified atom stereocenters. The van der Waals surface area contributed by atoms with Crippen molar-refractivity contribution in [3.63, 3.8) is 0 Å². The summed E-state index contributed by atoms with van der Waals surface area (Å²) in [5, 5.41) is 20.5. The summed E-state index contributed by atoms with van der Waals surface area (Å²) in [6.45, 7) is 9.91. The molecule has 1 aromatic rings. The third-order valence-electron chi connectivity index (χ3n) is 8.85. The topological polar surface area (TPSA) is 111 Å². The summed E-state index contributed by atoms with van der Waals surface area (Å²) >= 11 is 1.52. The number of nitrogens with zero attached hydrogens (tertiary/aromatic N) is 3.